The molecule has 2 rings (SSSR count). The zero-order valence-electron chi connectivity index (χ0n) is 10.2. The Bertz CT molecular complexity index is 296. The number of carbonyl (C=O) groups is 2. The summed E-state index contributed by atoms with van der Waals surface area (Å²) < 4.78 is 0. The maximum atomic E-state index is 12.0. The lowest BCUT2D eigenvalue weighted by Crippen LogP contribution is -2.57. The first-order chi connectivity index (χ1) is 8.20. The van der Waals surface area contributed by atoms with Gasteiger partial charge in [0.1, 0.15) is 0 Å². The lowest BCUT2D eigenvalue weighted by atomic mass is 10.0. The summed E-state index contributed by atoms with van der Waals surface area (Å²) in [6, 6.07) is 0. The van der Waals surface area contributed by atoms with E-state index in [4.69, 9.17) is 0 Å². The lowest BCUT2D eigenvalue weighted by molar-refractivity contribution is -0.139. The van der Waals surface area contributed by atoms with Crippen molar-refractivity contribution in [3.63, 3.8) is 0 Å². The number of nitrogens with zero attached hydrogens (tertiary/aromatic N) is 2. The Morgan fingerprint density at radius 1 is 1.24 bits per heavy atom. The summed E-state index contributed by atoms with van der Waals surface area (Å²) in [5, 5.41) is 5.73. The highest BCUT2D eigenvalue weighted by Gasteiger charge is 2.31. The molecule has 0 aromatic carbocycles. The molecule has 0 aromatic heterocycles. The predicted molar refractivity (Wildman–Crippen MR) is 63.4 cm³/mol. The van der Waals surface area contributed by atoms with Gasteiger partial charge in [-0.1, -0.05) is 0 Å². The second-order valence-electron chi connectivity index (χ2n) is 4.63. The van der Waals surface area contributed by atoms with E-state index < -0.39 is 0 Å². The van der Waals surface area contributed by atoms with Crippen molar-refractivity contribution in [2.75, 3.05) is 52.9 Å². The van der Waals surface area contributed by atoms with E-state index in [0.717, 1.165) is 39.3 Å². The van der Waals surface area contributed by atoms with E-state index >= 15 is 0 Å². The van der Waals surface area contributed by atoms with Crippen LogP contribution in [0, 0.1) is 5.92 Å². The van der Waals surface area contributed by atoms with E-state index in [0.29, 0.717) is 6.54 Å². The highest BCUT2D eigenvalue weighted by molar-refractivity contribution is 5.80. The maximum Gasteiger partial charge on any atom is 0.233 e. The molecule has 0 bridgehead atoms. The number of piperazine rings is 1. The largest absolute Gasteiger partial charge is 0.358 e. The molecular weight excluding hydrogens is 220 g/mol. The van der Waals surface area contributed by atoms with Crippen LogP contribution in [0.15, 0.2) is 0 Å². The molecule has 0 aliphatic carbocycles. The van der Waals surface area contributed by atoms with Crippen LogP contribution in [0.5, 0.6) is 0 Å². The second-order valence-corrected chi connectivity index (χ2v) is 4.63. The van der Waals surface area contributed by atoms with E-state index in [1.165, 1.54) is 0 Å². The predicted octanol–water partition coefficient (Wildman–Crippen LogP) is -1.90. The molecule has 6 heteroatoms. The van der Waals surface area contributed by atoms with Crippen LogP contribution < -0.4 is 10.6 Å². The van der Waals surface area contributed by atoms with E-state index in [2.05, 4.69) is 15.5 Å². The molecule has 0 radical (unpaired) electrons. The van der Waals surface area contributed by atoms with Gasteiger partial charge in [0, 0.05) is 46.3 Å². The monoisotopic (exact) mass is 240 g/mol. The van der Waals surface area contributed by atoms with E-state index in [1.54, 1.807) is 7.05 Å². The number of carbonyl (C=O) groups excluding carboxylic acids is 2. The Labute approximate surface area is 101 Å². The minimum Gasteiger partial charge on any atom is -0.358 e. The van der Waals surface area contributed by atoms with Crippen LogP contribution in [0.2, 0.25) is 0 Å². The zero-order chi connectivity index (χ0) is 12.3. The first-order valence-electron chi connectivity index (χ1n) is 6.13. The van der Waals surface area contributed by atoms with Crippen molar-refractivity contribution in [2.45, 2.75) is 0 Å². The van der Waals surface area contributed by atoms with Crippen molar-refractivity contribution in [1.82, 2.24) is 20.4 Å². The SMILES string of the molecule is CNC(=O)CN1CCN(C(=O)C2CNC2)CC1. The minimum atomic E-state index is 0.0352. The van der Waals surface area contributed by atoms with Crippen LogP contribution in [-0.2, 0) is 9.59 Å². The van der Waals surface area contributed by atoms with Gasteiger partial charge >= 0.3 is 0 Å². The molecule has 0 aromatic rings. The Kier molecular flexibility index (Phi) is 3.96. The molecule has 96 valence electrons. The molecule has 2 aliphatic rings. The van der Waals surface area contributed by atoms with E-state index in [-0.39, 0.29) is 17.7 Å². The van der Waals surface area contributed by atoms with Crippen LogP contribution in [0.1, 0.15) is 0 Å². The van der Waals surface area contributed by atoms with Crippen molar-refractivity contribution in [2.24, 2.45) is 5.92 Å². The Balaban J connectivity index is 1.73. The standard InChI is InChI=1S/C11H20N4O2/c1-12-10(16)8-14-2-4-15(5-3-14)11(17)9-6-13-7-9/h9,13H,2-8H2,1H3,(H,12,16). The van der Waals surface area contributed by atoms with E-state index in [1.807, 2.05) is 4.90 Å². The fourth-order valence-corrected chi connectivity index (χ4v) is 2.13. The first kappa shape index (κ1) is 12.3. The topological polar surface area (TPSA) is 64.7 Å². The maximum absolute atomic E-state index is 12.0. The number of amides is 2. The van der Waals surface area contributed by atoms with Crippen LogP contribution in [0.4, 0.5) is 0 Å². The zero-order valence-corrected chi connectivity index (χ0v) is 10.2. The summed E-state index contributed by atoms with van der Waals surface area (Å²) >= 11 is 0. The molecule has 2 fully saturated rings. The summed E-state index contributed by atoms with van der Waals surface area (Å²) in [5.74, 6) is 0.483. The fraction of sp³-hybridized carbons (Fsp3) is 0.818. The fourth-order valence-electron chi connectivity index (χ4n) is 2.13. The first-order valence-corrected chi connectivity index (χ1v) is 6.13. The molecule has 0 spiro atoms. The number of hydrogen-bond donors (Lipinski definition) is 2. The van der Waals surface area contributed by atoms with Gasteiger partial charge in [-0.2, -0.15) is 0 Å². The highest BCUT2D eigenvalue weighted by Crippen LogP contribution is 2.10. The average molecular weight is 240 g/mol. The van der Waals surface area contributed by atoms with Crippen LogP contribution >= 0.6 is 0 Å². The molecule has 0 unspecified atom stereocenters. The molecule has 2 amide bonds. The van der Waals surface area contributed by atoms with Gasteiger partial charge in [0.05, 0.1) is 12.5 Å². The Morgan fingerprint density at radius 3 is 2.35 bits per heavy atom. The number of rotatable bonds is 3. The smallest absolute Gasteiger partial charge is 0.233 e. The van der Waals surface area contributed by atoms with Crippen LogP contribution in [-0.4, -0.2) is 74.5 Å². The minimum absolute atomic E-state index is 0.0352. The molecule has 2 saturated heterocycles. The van der Waals surface area contributed by atoms with Crippen molar-refractivity contribution in [3.8, 4) is 0 Å². The molecule has 2 heterocycles. The highest BCUT2D eigenvalue weighted by atomic mass is 16.2. The summed E-state index contributed by atoms with van der Waals surface area (Å²) in [7, 11) is 1.64. The molecule has 0 saturated carbocycles. The van der Waals surface area contributed by atoms with Gasteiger partial charge in [0.15, 0.2) is 0 Å². The number of hydrogen-bond acceptors (Lipinski definition) is 4. The third kappa shape index (κ3) is 2.95. The van der Waals surface area contributed by atoms with Crippen molar-refractivity contribution in [1.29, 1.82) is 0 Å². The second kappa shape index (κ2) is 5.46. The molecule has 2 N–H and O–H groups in total. The van der Waals surface area contributed by atoms with E-state index in [9.17, 15) is 9.59 Å². The van der Waals surface area contributed by atoms with Gasteiger partial charge in [0.25, 0.3) is 0 Å². The Morgan fingerprint density at radius 2 is 1.88 bits per heavy atom. The number of likely N-dealkylation sites (N-methyl/N-ethyl adjacent to an activating group) is 1. The third-order valence-corrected chi connectivity index (χ3v) is 3.46. The van der Waals surface area contributed by atoms with Gasteiger partial charge in [-0.05, 0) is 0 Å². The van der Waals surface area contributed by atoms with Gasteiger partial charge in [0.2, 0.25) is 11.8 Å². The van der Waals surface area contributed by atoms with Gasteiger partial charge < -0.3 is 15.5 Å². The van der Waals surface area contributed by atoms with Crippen molar-refractivity contribution < 1.29 is 9.59 Å². The average Bonchev–Trinajstić information content (AvgIpc) is 2.27. The molecule has 2 aliphatic heterocycles. The molecule has 0 atom stereocenters. The van der Waals surface area contributed by atoms with Crippen molar-refractivity contribution >= 4 is 11.8 Å². The molecule has 17 heavy (non-hydrogen) atoms. The van der Waals surface area contributed by atoms with Gasteiger partial charge in [-0.3, -0.25) is 14.5 Å². The van der Waals surface area contributed by atoms with Gasteiger partial charge in [-0.15, -0.1) is 0 Å². The summed E-state index contributed by atoms with van der Waals surface area (Å²) in [5.41, 5.74) is 0. The van der Waals surface area contributed by atoms with Gasteiger partial charge in [-0.25, -0.2) is 0 Å². The van der Waals surface area contributed by atoms with Crippen LogP contribution in [0.3, 0.4) is 0 Å². The third-order valence-electron chi connectivity index (χ3n) is 3.46. The molecule has 6 nitrogen and oxygen atoms in total. The quantitative estimate of drug-likeness (QED) is 0.604. The summed E-state index contributed by atoms with van der Waals surface area (Å²) in [6.45, 7) is 5.13. The lowest BCUT2D eigenvalue weighted by Gasteiger charge is -2.38. The molecular formula is C11H20N4O2. The number of nitrogens with one attached hydrogen (secondary N) is 2. The van der Waals surface area contributed by atoms with Crippen molar-refractivity contribution in [3.05, 3.63) is 0 Å². The summed E-state index contributed by atoms with van der Waals surface area (Å²) in [6.07, 6.45) is 0. The Hall–Kier alpha value is -1.14. The normalized spacial score (nSPS) is 22.1. The summed E-state index contributed by atoms with van der Waals surface area (Å²) in [4.78, 5) is 27.2. The van der Waals surface area contributed by atoms with Crippen LogP contribution in [0.25, 0.3) is 0 Å².